The second-order valence-corrected chi connectivity index (χ2v) is 7.96. The van der Waals surface area contributed by atoms with Crippen molar-refractivity contribution in [3.8, 4) is 0 Å². The number of aromatic nitrogens is 2. The molecule has 1 atom stereocenters. The summed E-state index contributed by atoms with van der Waals surface area (Å²) < 4.78 is 2.02. The fraction of sp³-hybridized carbons (Fsp3) is 0.238. The molecule has 1 fully saturated rings. The molecular formula is C21H21N5O3S. The van der Waals surface area contributed by atoms with Crippen molar-refractivity contribution in [2.75, 3.05) is 5.75 Å². The van der Waals surface area contributed by atoms with E-state index >= 15 is 0 Å². The van der Waals surface area contributed by atoms with E-state index < -0.39 is 23.4 Å². The van der Waals surface area contributed by atoms with E-state index in [0.29, 0.717) is 17.3 Å². The van der Waals surface area contributed by atoms with Crippen molar-refractivity contribution in [2.45, 2.75) is 31.1 Å². The van der Waals surface area contributed by atoms with Crippen molar-refractivity contribution in [2.24, 2.45) is 0 Å². The second-order valence-electron chi connectivity index (χ2n) is 7.01. The molecule has 0 saturated carbocycles. The van der Waals surface area contributed by atoms with Crippen molar-refractivity contribution < 1.29 is 14.4 Å². The third kappa shape index (κ3) is 3.41. The molecule has 0 bridgehead atoms. The summed E-state index contributed by atoms with van der Waals surface area (Å²) in [7, 11) is 0. The normalized spacial score (nSPS) is 18.7. The number of hydrogen-bond donors (Lipinski definition) is 2. The minimum Gasteiger partial charge on any atom is -0.319 e. The van der Waals surface area contributed by atoms with Gasteiger partial charge < -0.3 is 9.88 Å². The number of carbonyl (C=O) groups excluding carboxylic acids is 3. The Morgan fingerprint density at radius 2 is 1.83 bits per heavy atom. The summed E-state index contributed by atoms with van der Waals surface area (Å²) in [6.07, 6.45) is 0. The number of amides is 4. The number of fused-ring (bicyclic) bond motifs is 1. The number of imidazole rings is 1. The molecule has 2 aromatic carbocycles. The molecule has 30 heavy (non-hydrogen) atoms. The monoisotopic (exact) mass is 423 g/mol. The average molecular weight is 423 g/mol. The minimum absolute atomic E-state index is 0.0163. The first kappa shape index (κ1) is 20.0. The van der Waals surface area contributed by atoms with Gasteiger partial charge in [0.2, 0.25) is 5.91 Å². The number of carbonyl (C=O) groups is 3. The van der Waals surface area contributed by atoms with E-state index in [9.17, 15) is 14.4 Å². The van der Waals surface area contributed by atoms with Gasteiger partial charge in [-0.2, -0.15) is 5.01 Å². The quantitative estimate of drug-likeness (QED) is 0.469. The number of benzene rings is 2. The van der Waals surface area contributed by atoms with Crippen LogP contribution in [-0.4, -0.2) is 38.2 Å². The van der Waals surface area contributed by atoms with E-state index in [1.807, 2.05) is 41.8 Å². The largest absolute Gasteiger partial charge is 0.344 e. The van der Waals surface area contributed by atoms with E-state index in [4.69, 9.17) is 0 Å². The summed E-state index contributed by atoms with van der Waals surface area (Å²) >= 11 is 1.26. The molecule has 0 spiro atoms. The fourth-order valence-corrected chi connectivity index (χ4v) is 4.33. The Hall–Kier alpha value is -3.33. The Labute approximate surface area is 177 Å². The zero-order valence-corrected chi connectivity index (χ0v) is 17.4. The molecule has 1 aliphatic heterocycles. The summed E-state index contributed by atoms with van der Waals surface area (Å²) in [6.45, 7) is 4.34. The number of nitrogens with zero attached hydrogens (tertiary/aromatic N) is 3. The Balaban J connectivity index is 1.45. The Bertz CT molecular complexity index is 1130. The highest BCUT2D eigenvalue weighted by Gasteiger charge is 2.49. The lowest BCUT2D eigenvalue weighted by molar-refractivity contribution is -0.138. The van der Waals surface area contributed by atoms with Crippen molar-refractivity contribution in [3.05, 3.63) is 60.2 Å². The van der Waals surface area contributed by atoms with Crippen LogP contribution in [0.4, 0.5) is 4.79 Å². The van der Waals surface area contributed by atoms with Gasteiger partial charge in [0, 0.05) is 6.54 Å². The maximum absolute atomic E-state index is 12.9. The van der Waals surface area contributed by atoms with Crippen LogP contribution in [0.25, 0.3) is 11.0 Å². The molecule has 0 radical (unpaired) electrons. The van der Waals surface area contributed by atoms with Crippen LogP contribution in [0.5, 0.6) is 0 Å². The van der Waals surface area contributed by atoms with E-state index in [1.54, 1.807) is 31.2 Å². The fourth-order valence-electron chi connectivity index (χ4n) is 3.46. The Morgan fingerprint density at radius 1 is 1.13 bits per heavy atom. The SMILES string of the molecule is CCn1c(SCC(=O)NN2C(=O)NC(C)(c3ccccc3)C2=O)nc2ccccc21. The number of aryl methyl sites for hydroxylation is 1. The number of urea groups is 1. The zero-order valence-electron chi connectivity index (χ0n) is 16.6. The van der Waals surface area contributed by atoms with Crippen LogP contribution in [0.1, 0.15) is 19.4 Å². The van der Waals surface area contributed by atoms with E-state index in [1.165, 1.54) is 11.8 Å². The van der Waals surface area contributed by atoms with Crippen LogP contribution in [0.15, 0.2) is 59.8 Å². The summed E-state index contributed by atoms with van der Waals surface area (Å²) in [6, 6.07) is 16.0. The Morgan fingerprint density at radius 3 is 2.57 bits per heavy atom. The van der Waals surface area contributed by atoms with Gasteiger partial charge in [0.05, 0.1) is 16.8 Å². The Kier molecular flexibility index (Phi) is 5.21. The van der Waals surface area contributed by atoms with Gasteiger partial charge in [0.25, 0.3) is 5.91 Å². The van der Waals surface area contributed by atoms with Gasteiger partial charge in [0.1, 0.15) is 5.54 Å². The predicted molar refractivity (Wildman–Crippen MR) is 113 cm³/mol. The summed E-state index contributed by atoms with van der Waals surface area (Å²) in [5.41, 5.74) is 3.69. The first-order chi connectivity index (χ1) is 14.4. The van der Waals surface area contributed by atoms with Crippen LogP contribution in [0.2, 0.25) is 0 Å². The molecule has 1 saturated heterocycles. The lowest BCUT2D eigenvalue weighted by Gasteiger charge is -2.22. The lowest BCUT2D eigenvalue weighted by Crippen LogP contribution is -2.48. The molecule has 0 aliphatic carbocycles. The molecule has 1 unspecified atom stereocenters. The molecular weight excluding hydrogens is 402 g/mol. The maximum atomic E-state index is 12.9. The van der Waals surface area contributed by atoms with Gasteiger partial charge in [-0.25, -0.2) is 9.78 Å². The first-order valence-electron chi connectivity index (χ1n) is 9.54. The molecule has 2 N–H and O–H groups in total. The number of hydrogen-bond acceptors (Lipinski definition) is 5. The summed E-state index contributed by atoms with van der Waals surface area (Å²) in [5, 5.41) is 4.12. The number of imide groups is 1. The van der Waals surface area contributed by atoms with E-state index in [2.05, 4.69) is 15.7 Å². The lowest BCUT2D eigenvalue weighted by atomic mass is 9.92. The number of nitrogens with one attached hydrogen (secondary N) is 2. The van der Waals surface area contributed by atoms with E-state index in [0.717, 1.165) is 16.0 Å². The van der Waals surface area contributed by atoms with Crippen LogP contribution >= 0.6 is 11.8 Å². The molecule has 1 aliphatic rings. The molecule has 9 heteroatoms. The average Bonchev–Trinajstić information content (AvgIpc) is 3.23. The zero-order chi connectivity index (χ0) is 21.3. The van der Waals surface area contributed by atoms with Crippen molar-refractivity contribution in [1.29, 1.82) is 0 Å². The number of para-hydroxylation sites is 2. The molecule has 4 rings (SSSR count). The van der Waals surface area contributed by atoms with Crippen LogP contribution in [0, 0.1) is 0 Å². The van der Waals surface area contributed by atoms with Gasteiger partial charge in [-0.15, -0.1) is 0 Å². The van der Waals surface area contributed by atoms with Crippen molar-refractivity contribution >= 4 is 40.6 Å². The third-order valence-corrected chi connectivity index (χ3v) is 6.02. The van der Waals surface area contributed by atoms with Gasteiger partial charge >= 0.3 is 6.03 Å². The standard InChI is InChI=1S/C21H21N5O3S/c1-3-25-16-12-8-7-11-15(16)22-20(25)30-13-17(27)24-26-18(28)21(2,23-19(26)29)14-9-5-4-6-10-14/h4-12H,3,13H2,1-2H3,(H,23,29)(H,24,27). The predicted octanol–water partition coefficient (Wildman–Crippen LogP) is 2.65. The highest BCUT2D eigenvalue weighted by molar-refractivity contribution is 7.99. The highest BCUT2D eigenvalue weighted by Crippen LogP contribution is 2.28. The van der Waals surface area contributed by atoms with Crippen molar-refractivity contribution in [3.63, 3.8) is 0 Å². The van der Waals surface area contributed by atoms with E-state index in [-0.39, 0.29) is 5.75 Å². The number of thioether (sulfide) groups is 1. The number of hydrazine groups is 1. The first-order valence-corrected chi connectivity index (χ1v) is 10.5. The maximum Gasteiger partial charge on any atom is 0.344 e. The topological polar surface area (TPSA) is 96.3 Å². The smallest absolute Gasteiger partial charge is 0.319 e. The molecule has 4 amide bonds. The van der Waals surface area contributed by atoms with Crippen LogP contribution < -0.4 is 10.7 Å². The molecule has 2 heterocycles. The highest BCUT2D eigenvalue weighted by atomic mass is 32.2. The van der Waals surface area contributed by atoms with Gasteiger partial charge in [-0.05, 0) is 31.5 Å². The molecule has 154 valence electrons. The summed E-state index contributed by atoms with van der Waals surface area (Å²) in [5.74, 6) is -0.976. The van der Waals surface area contributed by atoms with Gasteiger partial charge in [-0.1, -0.05) is 54.2 Å². The van der Waals surface area contributed by atoms with Crippen molar-refractivity contribution in [1.82, 2.24) is 25.3 Å². The number of rotatable bonds is 6. The molecule has 1 aromatic heterocycles. The third-order valence-electron chi connectivity index (χ3n) is 5.05. The molecule has 8 nitrogen and oxygen atoms in total. The van der Waals surface area contributed by atoms with Gasteiger partial charge in [-0.3, -0.25) is 15.0 Å². The molecule has 3 aromatic rings. The van der Waals surface area contributed by atoms with Crippen LogP contribution in [-0.2, 0) is 21.7 Å². The second kappa shape index (κ2) is 7.83. The summed E-state index contributed by atoms with van der Waals surface area (Å²) in [4.78, 5) is 42.3. The minimum atomic E-state index is -1.23. The van der Waals surface area contributed by atoms with Gasteiger partial charge in [0.15, 0.2) is 5.16 Å². The van der Waals surface area contributed by atoms with Crippen LogP contribution in [0.3, 0.4) is 0 Å².